The second-order valence-electron chi connectivity index (χ2n) is 5.95. The molecule has 0 saturated heterocycles. The lowest BCUT2D eigenvalue weighted by molar-refractivity contribution is -0.115. The number of carbonyl (C=O) groups is 1. The number of nitrogens with zero attached hydrogens (tertiary/aromatic N) is 3. The van der Waals surface area contributed by atoms with E-state index in [-0.39, 0.29) is 11.2 Å². The van der Waals surface area contributed by atoms with Gasteiger partial charge in [-0.3, -0.25) is 14.7 Å². The fourth-order valence-electron chi connectivity index (χ4n) is 2.49. The SMILES string of the molecule is Cc1ccc(-n2ccnc2SC(C)C(=O)Nc2cc(C)no2)c(C)c1. The number of thioether (sulfide) groups is 1. The molecule has 3 aromatic rings. The maximum Gasteiger partial charge on any atom is 0.240 e. The number of nitrogens with one attached hydrogen (secondary N) is 1. The summed E-state index contributed by atoms with van der Waals surface area (Å²) in [6.07, 6.45) is 3.65. The Morgan fingerprint density at radius 1 is 1.28 bits per heavy atom. The summed E-state index contributed by atoms with van der Waals surface area (Å²) in [5.41, 5.74) is 4.16. The van der Waals surface area contributed by atoms with Crippen molar-refractivity contribution in [1.29, 1.82) is 0 Å². The number of amides is 1. The van der Waals surface area contributed by atoms with Crippen LogP contribution in [0.2, 0.25) is 0 Å². The summed E-state index contributed by atoms with van der Waals surface area (Å²) in [5.74, 6) is 0.198. The highest BCUT2D eigenvalue weighted by atomic mass is 32.2. The van der Waals surface area contributed by atoms with Gasteiger partial charge in [-0.15, -0.1) is 0 Å². The fourth-order valence-corrected chi connectivity index (χ4v) is 3.37. The van der Waals surface area contributed by atoms with Crippen molar-refractivity contribution in [1.82, 2.24) is 14.7 Å². The summed E-state index contributed by atoms with van der Waals surface area (Å²) in [6, 6.07) is 7.95. The van der Waals surface area contributed by atoms with Crippen molar-refractivity contribution in [3.63, 3.8) is 0 Å². The lowest BCUT2D eigenvalue weighted by Crippen LogP contribution is -2.22. The average molecular weight is 356 g/mol. The molecule has 0 saturated carbocycles. The van der Waals surface area contributed by atoms with Crippen LogP contribution in [-0.4, -0.2) is 25.9 Å². The molecule has 0 aliphatic heterocycles. The van der Waals surface area contributed by atoms with Crippen LogP contribution in [0, 0.1) is 20.8 Å². The number of aryl methyl sites for hydroxylation is 3. The molecule has 0 aliphatic carbocycles. The number of hydrogen-bond donors (Lipinski definition) is 1. The highest BCUT2D eigenvalue weighted by Crippen LogP contribution is 2.27. The highest BCUT2D eigenvalue weighted by Gasteiger charge is 2.19. The first-order valence-electron chi connectivity index (χ1n) is 7.96. The van der Waals surface area contributed by atoms with E-state index in [1.54, 1.807) is 19.2 Å². The number of benzene rings is 1. The molecule has 2 aromatic heterocycles. The van der Waals surface area contributed by atoms with E-state index in [9.17, 15) is 4.79 Å². The molecular weight excluding hydrogens is 336 g/mol. The van der Waals surface area contributed by atoms with Crippen LogP contribution in [0.3, 0.4) is 0 Å². The third-order valence-corrected chi connectivity index (χ3v) is 4.82. The third kappa shape index (κ3) is 3.93. The number of imidazole rings is 1. The second kappa shape index (κ2) is 7.14. The van der Waals surface area contributed by atoms with Crippen LogP contribution < -0.4 is 5.32 Å². The Labute approximate surface area is 150 Å². The second-order valence-corrected chi connectivity index (χ2v) is 7.26. The van der Waals surface area contributed by atoms with E-state index >= 15 is 0 Å². The number of anilines is 1. The molecule has 3 rings (SSSR count). The summed E-state index contributed by atoms with van der Waals surface area (Å²) < 4.78 is 7.03. The number of carbonyl (C=O) groups excluding carboxylic acids is 1. The molecule has 0 bridgehead atoms. The van der Waals surface area contributed by atoms with Gasteiger partial charge in [0.2, 0.25) is 11.8 Å². The largest absolute Gasteiger partial charge is 0.338 e. The number of aromatic nitrogens is 3. The van der Waals surface area contributed by atoms with Crippen molar-refractivity contribution < 1.29 is 9.32 Å². The minimum absolute atomic E-state index is 0.156. The molecule has 0 radical (unpaired) electrons. The van der Waals surface area contributed by atoms with E-state index in [1.165, 1.54) is 17.3 Å². The summed E-state index contributed by atoms with van der Waals surface area (Å²) in [7, 11) is 0. The standard InChI is InChI=1S/C18H20N4O2S/c1-11-5-6-15(12(2)9-11)22-8-7-19-18(22)25-14(4)17(23)20-16-10-13(3)21-24-16/h5-10,14H,1-4H3,(H,20,23). The Morgan fingerprint density at radius 3 is 2.76 bits per heavy atom. The first kappa shape index (κ1) is 17.3. The molecular formula is C18H20N4O2S. The van der Waals surface area contributed by atoms with Gasteiger partial charge in [-0.1, -0.05) is 34.6 Å². The maximum atomic E-state index is 12.4. The van der Waals surface area contributed by atoms with Crippen molar-refractivity contribution in [2.75, 3.05) is 5.32 Å². The van der Waals surface area contributed by atoms with Crippen LogP contribution in [0.5, 0.6) is 0 Å². The van der Waals surface area contributed by atoms with Crippen LogP contribution in [0.4, 0.5) is 5.88 Å². The normalized spacial score (nSPS) is 12.2. The third-order valence-electron chi connectivity index (χ3n) is 3.74. The van der Waals surface area contributed by atoms with Crippen molar-refractivity contribution in [2.45, 2.75) is 38.1 Å². The van der Waals surface area contributed by atoms with Gasteiger partial charge in [-0.05, 0) is 39.3 Å². The first-order chi connectivity index (χ1) is 11.9. The highest BCUT2D eigenvalue weighted by molar-refractivity contribution is 8.00. The van der Waals surface area contributed by atoms with Gasteiger partial charge in [-0.25, -0.2) is 4.98 Å². The van der Waals surface area contributed by atoms with E-state index in [0.717, 1.165) is 22.1 Å². The Balaban J connectivity index is 1.75. The molecule has 1 aromatic carbocycles. The van der Waals surface area contributed by atoms with E-state index in [2.05, 4.69) is 47.5 Å². The van der Waals surface area contributed by atoms with Crippen molar-refractivity contribution in [3.8, 4) is 5.69 Å². The Morgan fingerprint density at radius 2 is 2.08 bits per heavy atom. The van der Waals surface area contributed by atoms with Crippen LogP contribution in [0.25, 0.3) is 5.69 Å². The molecule has 1 unspecified atom stereocenters. The molecule has 6 nitrogen and oxygen atoms in total. The monoisotopic (exact) mass is 356 g/mol. The topological polar surface area (TPSA) is 73.0 Å². The molecule has 2 heterocycles. The summed E-state index contributed by atoms with van der Waals surface area (Å²) in [5, 5.41) is 6.92. The lowest BCUT2D eigenvalue weighted by Gasteiger charge is -2.14. The molecule has 25 heavy (non-hydrogen) atoms. The van der Waals surface area contributed by atoms with Gasteiger partial charge in [0.25, 0.3) is 0 Å². The molecule has 0 fully saturated rings. The smallest absolute Gasteiger partial charge is 0.240 e. The van der Waals surface area contributed by atoms with E-state index in [1.807, 2.05) is 17.7 Å². The zero-order valence-corrected chi connectivity index (χ0v) is 15.4. The predicted octanol–water partition coefficient (Wildman–Crippen LogP) is 3.90. The Bertz CT molecular complexity index is 900. The Kier molecular flexibility index (Phi) is 4.94. The zero-order valence-electron chi connectivity index (χ0n) is 14.6. The summed E-state index contributed by atoms with van der Waals surface area (Å²) in [6.45, 7) is 7.78. The van der Waals surface area contributed by atoms with Crippen molar-refractivity contribution >= 4 is 23.6 Å². The molecule has 1 amide bonds. The summed E-state index contributed by atoms with van der Waals surface area (Å²) >= 11 is 1.40. The van der Waals surface area contributed by atoms with Gasteiger partial charge in [0.1, 0.15) is 0 Å². The van der Waals surface area contributed by atoms with Crippen molar-refractivity contribution in [2.24, 2.45) is 0 Å². The van der Waals surface area contributed by atoms with Gasteiger partial charge < -0.3 is 4.52 Å². The lowest BCUT2D eigenvalue weighted by atomic mass is 10.1. The maximum absolute atomic E-state index is 12.4. The first-order valence-corrected chi connectivity index (χ1v) is 8.84. The minimum atomic E-state index is -0.336. The molecule has 0 aliphatic rings. The van der Waals surface area contributed by atoms with Crippen LogP contribution in [0.15, 0.2) is 46.3 Å². The average Bonchev–Trinajstić information content (AvgIpc) is 3.16. The zero-order chi connectivity index (χ0) is 18.0. The summed E-state index contributed by atoms with van der Waals surface area (Å²) in [4.78, 5) is 16.8. The van der Waals surface area contributed by atoms with Gasteiger partial charge in [0, 0.05) is 18.5 Å². The van der Waals surface area contributed by atoms with Gasteiger partial charge in [0.05, 0.1) is 16.6 Å². The molecule has 130 valence electrons. The van der Waals surface area contributed by atoms with Gasteiger partial charge >= 0.3 is 0 Å². The molecule has 1 N–H and O–H groups in total. The molecule has 1 atom stereocenters. The van der Waals surface area contributed by atoms with E-state index in [4.69, 9.17) is 4.52 Å². The Hall–Kier alpha value is -2.54. The van der Waals surface area contributed by atoms with E-state index in [0.29, 0.717) is 5.88 Å². The predicted molar refractivity (Wildman–Crippen MR) is 98.2 cm³/mol. The van der Waals surface area contributed by atoms with Crippen LogP contribution >= 0.6 is 11.8 Å². The number of rotatable bonds is 5. The van der Waals surface area contributed by atoms with Crippen LogP contribution in [0.1, 0.15) is 23.7 Å². The van der Waals surface area contributed by atoms with Crippen molar-refractivity contribution in [3.05, 3.63) is 53.5 Å². The minimum Gasteiger partial charge on any atom is -0.338 e. The molecule has 7 heteroatoms. The van der Waals surface area contributed by atoms with Crippen LogP contribution in [-0.2, 0) is 4.79 Å². The number of hydrogen-bond acceptors (Lipinski definition) is 5. The van der Waals surface area contributed by atoms with E-state index < -0.39 is 0 Å². The van der Waals surface area contributed by atoms with Gasteiger partial charge in [0.15, 0.2) is 5.16 Å². The van der Waals surface area contributed by atoms with Gasteiger partial charge in [-0.2, -0.15) is 0 Å². The quantitative estimate of drug-likeness (QED) is 0.702. The molecule has 0 spiro atoms. The fraction of sp³-hybridized carbons (Fsp3) is 0.278.